The van der Waals surface area contributed by atoms with Gasteiger partial charge >= 0.3 is 0 Å². The molecule has 0 unspecified atom stereocenters. The molecule has 0 heterocycles. The molecule has 0 fully saturated rings. The van der Waals surface area contributed by atoms with Crippen LogP contribution in [0.1, 0.15) is 18.4 Å². The Hall–Kier alpha value is -0.740. The van der Waals surface area contributed by atoms with E-state index in [2.05, 4.69) is 15.9 Å². The molecule has 0 amide bonds. The summed E-state index contributed by atoms with van der Waals surface area (Å²) in [5.74, 6) is 1.65. The van der Waals surface area contributed by atoms with Crippen LogP contribution in [0.2, 0.25) is 0 Å². The standard InChI is InChI=1S/C12H18BrNO2/c1-15-10-7-6-9(5-3-4-8-14)12(16-2)11(10)13/h6-7H,3-5,8,14H2,1-2H3. The van der Waals surface area contributed by atoms with Gasteiger partial charge in [-0.1, -0.05) is 6.07 Å². The Bertz CT molecular complexity index is 342. The topological polar surface area (TPSA) is 44.5 Å². The molecule has 4 heteroatoms. The van der Waals surface area contributed by atoms with Crippen LogP contribution >= 0.6 is 15.9 Å². The summed E-state index contributed by atoms with van der Waals surface area (Å²) in [7, 11) is 3.32. The van der Waals surface area contributed by atoms with Crippen molar-refractivity contribution in [3.05, 3.63) is 22.2 Å². The van der Waals surface area contributed by atoms with Crippen molar-refractivity contribution in [1.29, 1.82) is 0 Å². The van der Waals surface area contributed by atoms with E-state index in [4.69, 9.17) is 15.2 Å². The monoisotopic (exact) mass is 287 g/mol. The van der Waals surface area contributed by atoms with Crippen LogP contribution in [0, 0.1) is 0 Å². The third-order valence-electron chi connectivity index (χ3n) is 2.47. The Labute approximate surface area is 105 Å². The summed E-state index contributed by atoms with van der Waals surface area (Å²) in [5, 5.41) is 0. The fourth-order valence-electron chi connectivity index (χ4n) is 1.61. The van der Waals surface area contributed by atoms with Gasteiger partial charge in [-0.2, -0.15) is 0 Å². The molecule has 0 aliphatic heterocycles. The first-order valence-electron chi connectivity index (χ1n) is 5.34. The van der Waals surface area contributed by atoms with Crippen molar-refractivity contribution in [2.45, 2.75) is 19.3 Å². The lowest BCUT2D eigenvalue weighted by molar-refractivity contribution is 0.385. The van der Waals surface area contributed by atoms with Crippen molar-refractivity contribution < 1.29 is 9.47 Å². The van der Waals surface area contributed by atoms with Crippen molar-refractivity contribution in [2.75, 3.05) is 20.8 Å². The van der Waals surface area contributed by atoms with Gasteiger partial charge in [0.05, 0.1) is 14.2 Å². The molecule has 3 nitrogen and oxygen atoms in total. The Balaban J connectivity index is 2.88. The molecule has 1 aromatic rings. The van der Waals surface area contributed by atoms with Gasteiger partial charge in [-0.05, 0) is 53.4 Å². The van der Waals surface area contributed by atoms with E-state index in [1.165, 1.54) is 5.56 Å². The number of halogens is 1. The average molecular weight is 288 g/mol. The van der Waals surface area contributed by atoms with Crippen LogP contribution in [0.25, 0.3) is 0 Å². The Morgan fingerprint density at radius 1 is 1.19 bits per heavy atom. The lowest BCUT2D eigenvalue weighted by atomic mass is 10.1. The van der Waals surface area contributed by atoms with E-state index in [-0.39, 0.29) is 0 Å². The van der Waals surface area contributed by atoms with Crippen molar-refractivity contribution in [3.8, 4) is 11.5 Å². The van der Waals surface area contributed by atoms with E-state index in [0.29, 0.717) is 0 Å². The Morgan fingerprint density at radius 3 is 2.50 bits per heavy atom. The molecule has 0 radical (unpaired) electrons. The first-order valence-corrected chi connectivity index (χ1v) is 6.13. The summed E-state index contributed by atoms with van der Waals surface area (Å²) >= 11 is 3.49. The van der Waals surface area contributed by atoms with E-state index < -0.39 is 0 Å². The van der Waals surface area contributed by atoms with Crippen molar-refractivity contribution >= 4 is 15.9 Å². The first kappa shape index (κ1) is 13.3. The highest BCUT2D eigenvalue weighted by Crippen LogP contribution is 2.37. The zero-order valence-corrected chi connectivity index (χ0v) is 11.3. The summed E-state index contributed by atoms with van der Waals surface area (Å²) in [6.45, 7) is 0.736. The molecule has 0 aliphatic carbocycles. The molecule has 0 saturated heterocycles. The fraction of sp³-hybridized carbons (Fsp3) is 0.500. The maximum atomic E-state index is 5.48. The van der Waals surface area contributed by atoms with Gasteiger partial charge in [0, 0.05) is 0 Å². The van der Waals surface area contributed by atoms with Gasteiger partial charge in [-0.25, -0.2) is 0 Å². The van der Waals surface area contributed by atoms with Gasteiger partial charge in [-0.3, -0.25) is 0 Å². The lowest BCUT2D eigenvalue weighted by Gasteiger charge is -2.13. The van der Waals surface area contributed by atoms with Gasteiger partial charge in [-0.15, -0.1) is 0 Å². The van der Waals surface area contributed by atoms with Gasteiger partial charge in [0.25, 0.3) is 0 Å². The maximum Gasteiger partial charge on any atom is 0.139 e. The van der Waals surface area contributed by atoms with E-state index in [9.17, 15) is 0 Å². The van der Waals surface area contributed by atoms with Crippen LogP contribution in [0.5, 0.6) is 11.5 Å². The molecule has 90 valence electrons. The Morgan fingerprint density at radius 2 is 1.94 bits per heavy atom. The third kappa shape index (κ3) is 3.12. The van der Waals surface area contributed by atoms with Gasteiger partial charge in [0.1, 0.15) is 16.0 Å². The summed E-state index contributed by atoms with van der Waals surface area (Å²) in [5.41, 5.74) is 6.66. The highest BCUT2D eigenvalue weighted by Gasteiger charge is 2.11. The molecule has 0 atom stereocenters. The maximum absolute atomic E-state index is 5.48. The molecule has 2 N–H and O–H groups in total. The normalized spacial score (nSPS) is 10.2. The number of nitrogens with two attached hydrogens (primary N) is 1. The average Bonchev–Trinajstić information content (AvgIpc) is 2.30. The van der Waals surface area contributed by atoms with Gasteiger partial charge < -0.3 is 15.2 Å². The summed E-state index contributed by atoms with van der Waals surface area (Å²) < 4.78 is 11.5. The largest absolute Gasteiger partial charge is 0.495 e. The van der Waals surface area contributed by atoms with E-state index in [1.54, 1.807) is 14.2 Å². The van der Waals surface area contributed by atoms with Crippen LogP contribution in [-0.2, 0) is 6.42 Å². The van der Waals surface area contributed by atoms with Crippen LogP contribution in [0.15, 0.2) is 16.6 Å². The van der Waals surface area contributed by atoms with Gasteiger partial charge in [0.15, 0.2) is 0 Å². The SMILES string of the molecule is COc1ccc(CCCCN)c(OC)c1Br. The zero-order chi connectivity index (χ0) is 12.0. The molecule has 0 bridgehead atoms. The number of aryl methyl sites for hydroxylation is 1. The van der Waals surface area contributed by atoms with E-state index >= 15 is 0 Å². The quantitative estimate of drug-likeness (QED) is 0.819. The second-order valence-electron chi connectivity index (χ2n) is 3.52. The van der Waals surface area contributed by atoms with Crippen molar-refractivity contribution in [3.63, 3.8) is 0 Å². The summed E-state index contributed by atoms with van der Waals surface area (Å²) in [6, 6.07) is 3.99. The van der Waals surface area contributed by atoms with Crippen LogP contribution in [0.3, 0.4) is 0 Å². The Kier molecular flexibility index (Phi) is 5.63. The van der Waals surface area contributed by atoms with Crippen molar-refractivity contribution in [2.24, 2.45) is 5.73 Å². The van der Waals surface area contributed by atoms with Crippen molar-refractivity contribution in [1.82, 2.24) is 0 Å². The molecular formula is C12H18BrNO2. The predicted molar refractivity (Wildman–Crippen MR) is 69.2 cm³/mol. The van der Waals surface area contributed by atoms with Crippen LogP contribution in [-0.4, -0.2) is 20.8 Å². The highest BCUT2D eigenvalue weighted by molar-refractivity contribution is 9.10. The fourth-order valence-corrected chi connectivity index (χ4v) is 2.32. The number of hydrogen-bond acceptors (Lipinski definition) is 3. The van der Waals surface area contributed by atoms with Gasteiger partial charge in [0.2, 0.25) is 0 Å². The van der Waals surface area contributed by atoms with E-state index in [0.717, 1.165) is 41.8 Å². The number of ether oxygens (including phenoxy) is 2. The highest BCUT2D eigenvalue weighted by atomic mass is 79.9. The minimum Gasteiger partial charge on any atom is -0.495 e. The number of hydrogen-bond donors (Lipinski definition) is 1. The third-order valence-corrected chi connectivity index (χ3v) is 3.22. The molecule has 0 aromatic heterocycles. The van der Waals surface area contributed by atoms with Crippen LogP contribution < -0.4 is 15.2 Å². The lowest BCUT2D eigenvalue weighted by Crippen LogP contribution is -2.00. The summed E-state index contributed by atoms with van der Waals surface area (Å²) in [6.07, 6.45) is 3.08. The molecule has 1 rings (SSSR count). The smallest absolute Gasteiger partial charge is 0.139 e. The summed E-state index contributed by atoms with van der Waals surface area (Å²) in [4.78, 5) is 0. The minimum absolute atomic E-state index is 0.736. The number of benzene rings is 1. The number of rotatable bonds is 6. The molecular weight excluding hydrogens is 270 g/mol. The predicted octanol–water partition coefficient (Wildman–Crippen LogP) is 2.75. The number of unbranched alkanes of at least 4 members (excludes halogenated alkanes) is 1. The second-order valence-corrected chi connectivity index (χ2v) is 4.31. The first-order chi connectivity index (χ1) is 7.74. The molecule has 16 heavy (non-hydrogen) atoms. The molecule has 0 aliphatic rings. The van der Waals surface area contributed by atoms with Crippen LogP contribution in [0.4, 0.5) is 0 Å². The molecule has 1 aromatic carbocycles. The zero-order valence-electron chi connectivity index (χ0n) is 9.75. The molecule has 0 spiro atoms. The molecule has 0 saturated carbocycles. The minimum atomic E-state index is 0.736. The second kappa shape index (κ2) is 6.76. The van der Waals surface area contributed by atoms with E-state index in [1.807, 2.05) is 12.1 Å². The number of methoxy groups -OCH3 is 2.